The highest BCUT2D eigenvalue weighted by atomic mass is 35.5. The molecule has 3 aromatic heterocycles. The zero-order chi connectivity index (χ0) is 82.4. The fourth-order valence-electron chi connectivity index (χ4n) is 13.5. The number of rotatable bonds is 23. The van der Waals surface area contributed by atoms with Gasteiger partial charge in [0.25, 0.3) is 0 Å². The van der Waals surface area contributed by atoms with Gasteiger partial charge in [-0.05, 0) is 232 Å². The second kappa shape index (κ2) is 42.2. The topological polar surface area (TPSA) is 251 Å². The molecule has 0 radical (unpaired) electrons. The number of carbonyl (C=O) groups excluding carboxylic acids is 5. The summed E-state index contributed by atoms with van der Waals surface area (Å²) in [5.74, 6) is -4.97. The molecule has 6 aromatic rings. The quantitative estimate of drug-likeness (QED) is 0.0355. The average molecular weight is 1670 g/mol. The molecule has 9 rings (SSSR count). The number of ether oxygens (including phenoxy) is 5. The van der Waals surface area contributed by atoms with Crippen molar-refractivity contribution in [2.24, 2.45) is 35.5 Å². The summed E-state index contributed by atoms with van der Waals surface area (Å²) < 4.78 is 172. The number of thioether (sulfide) groups is 1. The molecule has 3 amide bonds. The monoisotopic (exact) mass is 1670 g/mol. The first kappa shape index (κ1) is 97.7. The van der Waals surface area contributed by atoms with Crippen molar-refractivity contribution in [2.75, 3.05) is 41.4 Å². The molecular weight excluding hydrogens is 1560 g/mol. The van der Waals surface area contributed by atoms with Gasteiger partial charge in [0.2, 0.25) is 35.4 Å². The smallest absolute Gasteiger partial charge is 0.421 e. The standard InChI is InChI=1S/C27H33F3N2O4S.C26H30ClF3N2O4.C26H31F3N2O6S.3CH4/c1-16(2)32(25(33)19-8-6-17(3)7-9-19)23-11-10-20(13-21(23)26(34)35-4)36-24-22(27(28,29)30)12-18(14-31-24)15-37-5;1-15(2)32(24(33)18-7-5-16(3)6-8-18)22-10-9-19(12-20(22)25(34)35-4)36-23-21(26(28,29)30)11-17(13-27)14-31-23;1-15(2)31(24(32)18-7-5-16(3)6-8-18)22-10-9-19(12-20(22)25(33)34)37-23-21(26(27,28)29)11-17(13-30-23)14-38(4,35)36;;;/h10-14,16-17,19H,6-9,15H2,1-5H3;9-12,14-16,18H,5-8,13H2,1-4H3;9-13,15-16,18H,5-8,14H2,1-4H3,(H,33,34);3*1H4. The third-order valence-electron chi connectivity index (χ3n) is 19.3. The Morgan fingerprint density at radius 2 is 0.763 bits per heavy atom. The molecule has 630 valence electrons. The Bertz CT molecular complexity index is 4390. The highest BCUT2D eigenvalue weighted by Crippen LogP contribution is 2.45. The van der Waals surface area contributed by atoms with E-state index in [-0.39, 0.29) is 133 Å². The van der Waals surface area contributed by atoms with Crippen molar-refractivity contribution in [3.05, 3.63) is 141 Å². The fourth-order valence-corrected chi connectivity index (χ4v) is 14.9. The minimum Gasteiger partial charge on any atom is -0.478 e. The summed E-state index contributed by atoms with van der Waals surface area (Å²) in [7, 11) is -1.21. The van der Waals surface area contributed by atoms with Gasteiger partial charge in [0.05, 0.1) is 53.7 Å². The van der Waals surface area contributed by atoms with Gasteiger partial charge in [-0.2, -0.15) is 51.3 Å². The third-order valence-corrected chi connectivity index (χ3v) is 21.0. The van der Waals surface area contributed by atoms with Crippen molar-refractivity contribution in [1.29, 1.82) is 0 Å². The number of hydrogen-bond acceptors (Lipinski definition) is 17. The lowest BCUT2D eigenvalue weighted by molar-refractivity contribution is -0.139. The van der Waals surface area contributed by atoms with Crippen LogP contribution < -0.4 is 28.9 Å². The van der Waals surface area contributed by atoms with Gasteiger partial charge >= 0.3 is 36.4 Å². The van der Waals surface area contributed by atoms with Gasteiger partial charge in [0.1, 0.15) is 33.9 Å². The summed E-state index contributed by atoms with van der Waals surface area (Å²) in [6.07, 6.45) is 1.96. The van der Waals surface area contributed by atoms with Crippen molar-refractivity contribution < 1.29 is 105 Å². The second-order valence-electron chi connectivity index (χ2n) is 29.1. The zero-order valence-corrected chi connectivity index (χ0v) is 66.4. The van der Waals surface area contributed by atoms with Crippen molar-refractivity contribution >= 4 is 85.9 Å². The van der Waals surface area contributed by atoms with Crippen molar-refractivity contribution in [2.45, 2.75) is 216 Å². The van der Waals surface area contributed by atoms with Gasteiger partial charge in [0, 0.05) is 72.4 Å². The van der Waals surface area contributed by atoms with E-state index in [1.807, 2.05) is 27.7 Å². The molecule has 114 heavy (non-hydrogen) atoms. The number of sulfone groups is 1. The number of esters is 2. The molecule has 0 atom stereocenters. The number of pyridine rings is 3. The van der Waals surface area contributed by atoms with Crippen LogP contribution in [-0.4, -0.2) is 109 Å². The van der Waals surface area contributed by atoms with E-state index >= 15 is 0 Å². The Balaban J connectivity index is 0.000000356. The van der Waals surface area contributed by atoms with Crippen LogP contribution in [0.5, 0.6) is 34.9 Å². The first-order valence-corrected chi connectivity index (χ1v) is 40.2. The molecular formula is C82H106ClF9N6O14S2. The average Bonchev–Trinajstić information content (AvgIpc) is 0.793. The Hall–Kier alpha value is -8.71. The maximum absolute atomic E-state index is 13.7. The molecule has 20 nitrogen and oxygen atoms in total. The van der Waals surface area contributed by atoms with Gasteiger partial charge in [-0.1, -0.05) is 43.1 Å². The summed E-state index contributed by atoms with van der Waals surface area (Å²) >= 11 is 7.04. The van der Waals surface area contributed by atoms with Crippen LogP contribution in [-0.2, 0) is 69.6 Å². The van der Waals surface area contributed by atoms with Gasteiger partial charge in [-0.3, -0.25) is 14.4 Å². The minimum absolute atomic E-state index is 0. The lowest BCUT2D eigenvalue weighted by Crippen LogP contribution is -2.43. The predicted octanol–water partition coefficient (Wildman–Crippen LogP) is 21.7. The molecule has 0 unspecified atom stereocenters. The molecule has 3 aliphatic rings. The first-order chi connectivity index (χ1) is 52.0. The van der Waals surface area contributed by atoms with Crippen LogP contribution >= 0.6 is 23.4 Å². The maximum Gasteiger partial charge on any atom is 0.421 e. The molecule has 0 bridgehead atoms. The number of carboxylic acid groups (broad SMARTS) is 1. The first-order valence-electron chi connectivity index (χ1n) is 36.2. The van der Waals surface area contributed by atoms with E-state index in [1.54, 1.807) is 29.9 Å². The highest BCUT2D eigenvalue weighted by Gasteiger charge is 2.41. The van der Waals surface area contributed by atoms with E-state index in [1.165, 1.54) is 91.8 Å². The van der Waals surface area contributed by atoms with Crippen LogP contribution in [0.1, 0.15) is 226 Å². The molecule has 3 saturated carbocycles. The molecule has 0 aliphatic heterocycles. The number of alkyl halides is 10. The SMILES string of the molecule is C.C.C.CC1CCC(C(=O)N(c2ccc(Oc3ncc(CS(C)(=O)=O)cc3C(F)(F)F)cc2C(=O)O)C(C)C)CC1.COC(=O)c1cc(Oc2ncc(CCl)cc2C(F)(F)F)ccc1N(C(=O)C1CCC(C)CC1)C(C)C.COC(=O)c1cc(Oc2ncc(CSC)cc2C(F)(F)F)ccc1N(C(=O)C1CCC(C)CC1)C(C)C. The number of halogens is 10. The predicted molar refractivity (Wildman–Crippen MR) is 424 cm³/mol. The van der Waals surface area contributed by atoms with Crippen LogP contribution in [0.25, 0.3) is 0 Å². The molecule has 0 saturated heterocycles. The highest BCUT2D eigenvalue weighted by molar-refractivity contribution is 7.97. The molecule has 3 heterocycles. The molecule has 1 N–H and O–H groups in total. The maximum atomic E-state index is 13.7. The molecule has 32 heteroatoms. The van der Waals surface area contributed by atoms with E-state index in [2.05, 4.69) is 35.7 Å². The van der Waals surface area contributed by atoms with Crippen LogP contribution in [0.2, 0.25) is 0 Å². The molecule has 3 aromatic carbocycles. The lowest BCUT2D eigenvalue weighted by atomic mass is 9.82. The number of nitrogens with zero attached hydrogens (tertiary/aromatic N) is 6. The lowest BCUT2D eigenvalue weighted by Gasteiger charge is -2.34. The van der Waals surface area contributed by atoms with Gasteiger partial charge in [-0.25, -0.2) is 37.8 Å². The number of carboxylic acids is 1. The molecule has 3 aliphatic carbocycles. The largest absolute Gasteiger partial charge is 0.478 e. The number of amides is 3. The Morgan fingerprint density at radius 1 is 0.482 bits per heavy atom. The second-order valence-corrected chi connectivity index (χ2v) is 32.4. The van der Waals surface area contributed by atoms with Gasteiger partial charge < -0.3 is 43.5 Å². The van der Waals surface area contributed by atoms with Gasteiger partial charge in [0.15, 0.2) is 9.84 Å². The van der Waals surface area contributed by atoms with Crippen molar-refractivity contribution in [3.8, 4) is 34.9 Å². The number of aromatic carboxylic acids is 1. The van der Waals surface area contributed by atoms with Gasteiger partial charge in [-0.15, -0.1) is 11.6 Å². The van der Waals surface area contributed by atoms with E-state index in [0.29, 0.717) is 59.4 Å². The number of aromatic nitrogens is 3. The van der Waals surface area contributed by atoms with Crippen LogP contribution in [0.3, 0.4) is 0 Å². The van der Waals surface area contributed by atoms with Crippen LogP contribution in [0.4, 0.5) is 56.6 Å². The summed E-state index contributed by atoms with van der Waals surface area (Å²) in [5, 5.41) is 9.90. The normalized spacial score (nSPS) is 17.7. The van der Waals surface area contributed by atoms with E-state index < -0.39 is 86.4 Å². The summed E-state index contributed by atoms with van der Waals surface area (Å²) in [5.41, 5.74) is -2.47. The number of carbonyl (C=O) groups is 6. The number of benzene rings is 3. The number of hydrogen-bond donors (Lipinski definition) is 1. The Morgan fingerprint density at radius 3 is 1.04 bits per heavy atom. The van der Waals surface area contributed by atoms with Crippen molar-refractivity contribution in [3.63, 3.8) is 0 Å². The number of anilines is 3. The fraction of sp³-hybridized carbons (Fsp3) is 0.524. The molecule has 3 fully saturated rings. The third kappa shape index (κ3) is 26.2. The minimum atomic E-state index is -4.91. The summed E-state index contributed by atoms with van der Waals surface area (Å²) in [6.45, 7) is 17.4. The number of methoxy groups -OCH3 is 2. The van der Waals surface area contributed by atoms with Crippen molar-refractivity contribution in [1.82, 2.24) is 15.0 Å². The van der Waals surface area contributed by atoms with Crippen LogP contribution in [0, 0.1) is 35.5 Å². The Kier molecular flexibility index (Phi) is 36.2. The molecule has 0 spiro atoms. The Labute approximate surface area is 671 Å². The zero-order valence-electron chi connectivity index (χ0n) is 64.0. The summed E-state index contributed by atoms with van der Waals surface area (Å²) in [4.78, 5) is 93.9. The van der Waals surface area contributed by atoms with Crippen LogP contribution in [0.15, 0.2) is 91.4 Å². The van der Waals surface area contributed by atoms with E-state index in [4.69, 9.17) is 35.3 Å². The summed E-state index contributed by atoms with van der Waals surface area (Å²) in [6, 6.07) is 13.7. The van der Waals surface area contributed by atoms with E-state index in [9.17, 15) is 81.8 Å². The van der Waals surface area contributed by atoms with E-state index in [0.717, 1.165) is 94.9 Å².